The molecule has 0 atom stereocenters. The highest BCUT2D eigenvalue weighted by Crippen LogP contribution is 2.19. The molecule has 0 bridgehead atoms. The van der Waals surface area contributed by atoms with Crippen LogP contribution >= 0.6 is 0 Å². The van der Waals surface area contributed by atoms with Crippen LogP contribution in [0.5, 0.6) is 0 Å². The molecule has 3 heterocycles. The Morgan fingerprint density at radius 3 is 2.92 bits per heavy atom. The first-order chi connectivity index (χ1) is 12.2. The van der Waals surface area contributed by atoms with E-state index in [9.17, 15) is 4.79 Å². The molecule has 8 heteroatoms. The van der Waals surface area contributed by atoms with Crippen molar-refractivity contribution in [1.29, 1.82) is 0 Å². The summed E-state index contributed by atoms with van der Waals surface area (Å²) < 4.78 is 1.70. The number of unbranched alkanes of at least 4 members (excludes halogenated alkanes) is 1. The summed E-state index contributed by atoms with van der Waals surface area (Å²) in [6.45, 7) is 2.74. The van der Waals surface area contributed by atoms with Crippen molar-refractivity contribution < 1.29 is 0 Å². The van der Waals surface area contributed by atoms with Gasteiger partial charge in [-0.15, -0.1) is 0 Å². The Hall–Kier alpha value is -3.29. The van der Waals surface area contributed by atoms with Gasteiger partial charge in [-0.3, -0.25) is 9.36 Å². The highest BCUT2D eigenvalue weighted by atomic mass is 16.1. The normalized spacial score (nSPS) is 11.2. The molecule has 0 unspecified atom stereocenters. The number of aromatic nitrogens is 6. The largest absolute Gasteiger partial charge is 0.324 e. The molecule has 25 heavy (non-hydrogen) atoms. The molecule has 2 N–H and O–H groups in total. The van der Waals surface area contributed by atoms with E-state index in [0.29, 0.717) is 18.1 Å². The van der Waals surface area contributed by atoms with E-state index in [1.54, 1.807) is 22.9 Å². The topological polar surface area (TPSA) is 101 Å². The standard InChI is InChI=1S/C17H17N7O/c1-2-3-8-24-15(25)7-4-11-10-18-17(20-16(11)24)19-12-5-6-13-14(9-12)22-23-21-13/h4-7,9-10H,2-3,8H2,1H3,(H,18,19,20)(H,21,22,23). The number of benzene rings is 1. The van der Waals surface area contributed by atoms with Gasteiger partial charge >= 0.3 is 0 Å². The lowest BCUT2D eigenvalue weighted by Gasteiger charge is -2.10. The Balaban J connectivity index is 1.73. The van der Waals surface area contributed by atoms with Gasteiger partial charge in [0.15, 0.2) is 0 Å². The third-order valence-corrected chi connectivity index (χ3v) is 4.03. The molecule has 1 aromatic carbocycles. The Morgan fingerprint density at radius 1 is 1.16 bits per heavy atom. The number of nitrogens with one attached hydrogen (secondary N) is 2. The van der Waals surface area contributed by atoms with Gasteiger partial charge in [-0.2, -0.15) is 20.4 Å². The van der Waals surface area contributed by atoms with Crippen LogP contribution in [0.15, 0.2) is 41.3 Å². The molecular weight excluding hydrogens is 318 g/mol. The van der Waals surface area contributed by atoms with Gasteiger partial charge < -0.3 is 5.32 Å². The van der Waals surface area contributed by atoms with Gasteiger partial charge in [-0.1, -0.05) is 13.3 Å². The van der Waals surface area contributed by atoms with Crippen molar-refractivity contribution in [3.8, 4) is 0 Å². The fourth-order valence-electron chi connectivity index (χ4n) is 2.71. The predicted octanol–water partition coefficient (Wildman–Crippen LogP) is 2.61. The van der Waals surface area contributed by atoms with Crippen molar-refractivity contribution in [3.63, 3.8) is 0 Å². The second-order valence-electron chi connectivity index (χ2n) is 5.80. The van der Waals surface area contributed by atoms with E-state index in [0.717, 1.165) is 34.9 Å². The Kier molecular flexibility index (Phi) is 3.85. The lowest BCUT2D eigenvalue weighted by Crippen LogP contribution is -2.20. The zero-order valence-electron chi connectivity index (χ0n) is 13.7. The summed E-state index contributed by atoms with van der Waals surface area (Å²) >= 11 is 0. The van der Waals surface area contributed by atoms with Crippen LogP contribution in [0.2, 0.25) is 0 Å². The lowest BCUT2D eigenvalue weighted by atomic mass is 10.3. The molecule has 0 saturated heterocycles. The summed E-state index contributed by atoms with van der Waals surface area (Å²) in [4.78, 5) is 21.1. The number of H-pyrrole nitrogens is 1. The third-order valence-electron chi connectivity index (χ3n) is 4.03. The second-order valence-corrected chi connectivity index (χ2v) is 5.80. The van der Waals surface area contributed by atoms with Crippen LogP contribution in [0.4, 0.5) is 11.6 Å². The van der Waals surface area contributed by atoms with Crippen molar-refractivity contribution in [2.75, 3.05) is 5.32 Å². The fraction of sp³-hybridized carbons (Fsp3) is 0.235. The number of hydrogen-bond acceptors (Lipinski definition) is 6. The van der Waals surface area contributed by atoms with Crippen molar-refractivity contribution in [2.45, 2.75) is 26.3 Å². The predicted molar refractivity (Wildman–Crippen MR) is 95.9 cm³/mol. The number of anilines is 2. The van der Waals surface area contributed by atoms with Crippen molar-refractivity contribution in [2.24, 2.45) is 0 Å². The van der Waals surface area contributed by atoms with E-state index in [4.69, 9.17) is 0 Å². The van der Waals surface area contributed by atoms with Crippen LogP contribution in [0.1, 0.15) is 19.8 Å². The minimum atomic E-state index is -0.0467. The molecule has 0 aliphatic rings. The van der Waals surface area contributed by atoms with Gasteiger partial charge in [0.2, 0.25) is 5.95 Å². The van der Waals surface area contributed by atoms with Crippen molar-refractivity contribution in [1.82, 2.24) is 29.9 Å². The fourth-order valence-corrected chi connectivity index (χ4v) is 2.71. The number of rotatable bonds is 5. The number of hydrogen-bond donors (Lipinski definition) is 2. The van der Waals surface area contributed by atoms with Crippen molar-refractivity contribution in [3.05, 3.63) is 46.9 Å². The van der Waals surface area contributed by atoms with Crippen LogP contribution in [-0.4, -0.2) is 29.9 Å². The molecule has 0 radical (unpaired) electrons. The average molecular weight is 335 g/mol. The van der Waals surface area contributed by atoms with E-state index in [1.165, 1.54) is 0 Å². The van der Waals surface area contributed by atoms with Crippen LogP contribution in [0.3, 0.4) is 0 Å². The maximum Gasteiger partial charge on any atom is 0.252 e. The average Bonchev–Trinajstić information content (AvgIpc) is 3.09. The second kappa shape index (κ2) is 6.31. The highest BCUT2D eigenvalue weighted by molar-refractivity contribution is 5.80. The molecular formula is C17H17N7O. The molecule has 0 aliphatic carbocycles. The maximum absolute atomic E-state index is 12.2. The highest BCUT2D eigenvalue weighted by Gasteiger charge is 2.08. The van der Waals surface area contributed by atoms with Gasteiger partial charge in [0, 0.05) is 29.9 Å². The molecule has 0 fully saturated rings. The molecule has 0 spiro atoms. The van der Waals surface area contributed by atoms with Crippen LogP contribution in [-0.2, 0) is 6.54 Å². The first-order valence-electron chi connectivity index (χ1n) is 8.19. The SMILES string of the molecule is CCCCn1c(=O)ccc2cnc(Nc3ccc4n[nH]nc4c3)nc21. The summed E-state index contributed by atoms with van der Waals surface area (Å²) in [5.41, 5.74) is 2.94. The van der Waals surface area contributed by atoms with Crippen LogP contribution < -0.4 is 10.9 Å². The number of fused-ring (bicyclic) bond motifs is 2. The Labute approximate surface area is 142 Å². The molecule has 126 valence electrons. The number of pyridine rings is 1. The summed E-state index contributed by atoms with van der Waals surface area (Å²) in [5.74, 6) is 0.436. The van der Waals surface area contributed by atoms with Gasteiger partial charge in [0.25, 0.3) is 5.56 Å². The third kappa shape index (κ3) is 2.93. The Morgan fingerprint density at radius 2 is 2.04 bits per heavy atom. The van der Waals surface area contributed by atoms with Crippen LogP contribution in [0, 0.1) is 0 Å². The molecule has 4 aromatic rings. The monoisotopic (exact) mass is 335 g/mol. The smallest absolute Gasteiger partial charge is 0.252 e. The van der Waals surface area contributed by atoms with E-state index < -0.39 is 0 Å². The molecule has 3 aromatic heterocycles. The summed E-state index contributed by atoms with van der Waals surface area (Å²) in [6, 6.07) is 8.92. The molecule has 4 rings (SSSR count). The zero-order chi connectivity index (χ0) is 17.2. The molecule has 0 amide bonds. The molecule has 0 saturated carbocycles. The molecule has 0 aliphatic heterocycles. The maximum atomic E-state index is 12.2. The number of aromatic amines is 1. The molecule has 8 nitrogen and oxygen atoms in total. The van der Waals surface area contributed by atoms with E-state index >= 15 is 0 Å². The summed E-state index contributed by atoms with van der Waals surface area (Å²) in [7, 11) is 0. The van der Waals surface area contributed by atoms with E-state index in [1.807, 2.05) is 18.2 Å². The lowest BCUT2D eigenvalue weighted by molar-refractivity contribution is 0.627. The van der Waals surface area contributed by atoms with E-state index in [2.05, 4.69) is 37.6 Å². The van der Waals surface area contributed by atoms with Crippen molar-refractivity contribution >= 4 is 33.7 Å². The Bertz CT molecular complexity index is 1100. The minimum Gasteiger partial charge on any atom is -0.324 e. The quantitative estimate of drug-likeness (QED) is 0.581. The first-order valence-corrected chi connectivity index (χ1v) is 8.19. The van der Waals surface area contributed by atoms with Gasteiger partial charge in [-0.05, 0) is 30.7 Å². The van der Waals surface area contributed by atoms with Crippen LogP contribution in [0.25, 0.3) is 22.1 Å². The van der Waals surface area contributed by atoms with E-state index in [-0.39, 0.29) is 5.56 Å². The first kappa shape index (κ1) is 15.3. The van der Waals surface area contributed by atoms with Gasteiger partial charge in [0.05, 0.1) is 0 Å². The van der Waals surface area contributed by atoms with Gasteiger partial charge in [-0.25, -0.2) is 4.98 Å². The number of nitrogens with zero attached hydrogens (tertiary/aromatic N) is 5. The minimum absolute atomic E-state index is 0.0467. The number of aryl methyl sites for hydroxylation is 1. The van der Waals surface area contributed by atoms with Gasteiger partial charge in [0.1, 0.15) is 16.7 Å². The zero-order valence-corrected chi connectivity index (χ0v) is 13.7. The summed E-state index contributed by atoms with van der Waals surface area (Å²) in [5, 5.41) is 14.7. The summed E-state index contributed by atoms with van der Waals surface area (Å²) in [6.07, 6.45) is 3.66.